The molecular weight excluding hydrogens is 585 g/mol. The predicted octanol–water partition coefficient (Wildman–Crippen LogP) is 5.79. The van der Waals surface area contributed by atoms with E-state index >= 15 is 4.39 Å². The number of hydrogen-bond acceptors (Lipinski definition) is 7. The first-order chi connectivity index (χ1) is 20.5. The molecule has 3 atom stereocenters. The second-order valence-corrected chi connectivity index (χ2v) is 12.7. The molecular formula is C31H31F3N2O6S. The van der Waals surface area contributed by atoms with Crippen LogP contribution in [-0.4, -0.2) is 47.3 Å². The zero-order valence-corrected chi connectivity index (χ0v) is 24.3. The number of aromatic hydroxyl groups is 1. The van der Waals surface area contributed by atoms with Crippen LogP contribution >= 0.6 is 0 Å². The minimum atomic E-state index is -3.77. The van der Waals surface area contributed by atoms with Crippen molar-refractivity contribution in [3.05, 3.63) is 101 Å². The van der Waals surface area contributed by atoms with Crippen LogP contribution in [0.4, 0.5) is 13.2 Å². The fourth-order valence-corrected chi connectivity index (χ4v) is 6.93. The molecule has 12 heteroatoms. The van der Waals surface area contributed by atoms with Gasteiger partial charge in [0.25, 0.3) is 0 Å². The number of benzene rings is 3. The van der Waals surface area contributed by atoms with E-state index in [-0.39, 0.29) is 54.1 Å². The highest BCUT2D eigenvalue weighted by Gasteiger charge is 2.53. The fourth-order valence-electron chi connectivity index (χ4n) is 5.82. The Morgan fingerprint density at radius 1 is 1.12 bits per heavy atom. The third kappa shape index (κ3) is 5.99. The lowest BCUT2D eigenvalue weighted by Gasteiger charge is -2.32. The summed E-state index contributed by atoms with van der Waals surface area (Å²) in [7, 11) is -2.24. The largest absolute Gasteiger partial charge is 0.504 e. The van der Waals surface area contributed by atoms with E-state index < -0.39 is 51.6 Å². The number of sulfonamides is 1. The van der Waals surface area contributed by atoms with E-state index in [1.54, 1.807) is 24.3 Å². The summed E-state index contributed by atoms with van der Waals surface area (Å²) in [5.74, 6) is -1.93. The lowest BCUT2D eigenvalue weighted by Crippen LogP contribution is -2.40. The average molecular weight is 617 g/mol. The van der Waals surface area contributed by atoms with Crippen LogP contribution in [0.1, 0.15) is 48.1 Å². The van der Waals surface area contributed by atoms with Gasteiger partial charge in [-0.2, -0.15) is 4.31 Å². The van der Waals surface area contributed by atoms with Gasteiger partial charge >= 0.3 is 0 Å². The monoisotopic (exact) mass is 616 g/mol. The van der Waals surface area contributed by atoms with E-state index in [1.165, 1.54) is 41.9 Å². The maximum absolute atomic E-state index is 16.9. The van der Waals surface area contributed by atoms with Gasteiger partial charge in [0.05, 0.1) is 25.4 Å². The molecule has 5 rings (SSSR count). The number of ether oxygens (including phenoxy) is 1. The summed E-state index contributed by atoms with van der Waals surface area (Å²) >= 11 is 0. The maximum Gasteiger partial charge on any atom is 0.211 e. The van der Waals surface area contributed by atoms with E-state index in [4.69, 9.17) is 9.15 Å². The highest BCUT2D eigenvalue weighted by molar-refractivity contribution is 7.88. The summed E-state index contributed by atoms with van der Waals surface area (Å²) in [5, 5.41) is 19.9. The van der Waals surface area contributed by atoms with Crippen LogP contribution in [0.3, 0.4) is 0 Å². The molecule has 0 unspecified atom stereocenters. The van der Waals surface area contributed by atoms with Crippen molar-refractivity contribution >= 4 is 10.0 Å². The molecule has 1 aromatic heterocycles. The Labute approximate surface area is 247 Å². The van der Waals surface area contributed by atoms with Crippen molar-refractivity contribution in [1.29, 1.82) is 0 Å². The molecule has 4 aromatic rings. The smallest absolute Gasteiger partial charge is 0.211 e. The first-order valence-corrected chi connectivity index (χ1v) is 15.4. The SMILES string of the molecule is COc1ccc(CN([C@H]2CC[C@@](c3nc(CO)co3)([C@H](F)c3ccc(F)c(-c4cccc(F)c4O)c3)C2)S(C)(=O)=O)cc1. The number of halogens is 3. The summed E-state index contributed by atoms with van der Waals surface area (Å²) in [4.78, 5) is 4.31. The molecule has 0 saturated heterocycles. The van der Waals surface area contributed by atoms with Gasteiger partial charge < -0.3 is 19.4 Å². The van der Waals surface area contributed by atoms with Gasteiger partial charge in [0, 0.05) is 23.7 Å². The molecule has 0 spiro atoms. The Bertz CT molecular complexity index is 1710. The molecule has 8 nitrogen and oxygen atoms in total. The molecule has 0 bridgehead atoms. The number of phenolic OH excluding ortho intramolecular Hbond substituents is 1. The molecule has 1 aliphatic carbocycles. The number of aliphatic hydroxyl groups is 1. The van der Waals surface area contributed by atoms with Crippen molar-refractivity contribution in [2.45, 2.75) is 50.0 Å². The zero-order chi connectivity index (χ0) is 30.9. The highest BCUT2D eigenvalue weighted by Crippen LogP contribution is 2.53. The zero-order valence-electron chi connectivity index (χ0n) is 23.5. The molecule has 1 aliphatic rings. The lowest BCUT2D eigenvalue weighted by atomic mass is 9.77. The van der Waals surface area contributed by atoms with Crippen molar-refractivity contribution in [2.24, 2.45) is 0 Å². The second kappa shape index (κ2) is 12.0. The summed E-state index contributed by atoms with van der Waals surface area (Å²) < 4.78 is 84.2. The van der Waals surface area contributed by atoms with Crippen LogP contribution in [0.15, 0.2) is 71.3 Å². The third-order valence-corrected chi connectivity index (χ3v) is 9.32. The van der Waals surface area contributed by atoms with Crippen LogP contribution in [0, 0.1) is 11.6 Å². The Morgan fingerprint density at radius 2 is 1.86 bits per heavy atom. The Morgan fingerprint density at radius 3 is 2.51 bits per heavy atom. The van der Waals surface area contributed by atoms with Crippen LogP contribution in [0.25, 0.3) is 11.1 Å². The van der Waals surface area contributed by atoms with Crippen molar-refractivity contribution in [2.75, 3.05) is 13.4 Å². The van der Waals surface area contributed by atoms with Gasteiger partial charge in [-0.25, -0.2) is 26.6 Å². The van der Waals surface area contributed by atoms with Gasteiger partial charge in [-0.05, 0) is 60.7 Å². The number of phenols is 1. The molecule has 1 fully saturated rings. The lowest BCUT2D eigenvalue weighted by molar-refractivity contribution is 0.147. The van der Waals surface area contributed by atoms with Crippen LogP contribution in [0.5, 0.6) is 11.5 Å². The van der Waals surface area contributed by atoms with E-state index in [2.05, 4.69) is 4.98 Å². The van der Waals surface area contributed by atoms with E-state index in [9.17, 15) is 27.4 Å². The van der Waals surface area contributed by atoms with E-state index in [0.29, 0.717) is 11.3 Å². The van der Waals surface area contributed by atoms with Gasteiger partial charge in [-0.3, -0.25) is 0 Å². The standard InChI is InChI=1S/C31H31F3N2O6S/c1-41-23-9-6-19(7-10-23)16-36(43(2,39)40)22-12-13-31(15-22,30-35-21(17-37)18-42-30)29(34)20-8-11-26(32)25(14-20)24-4-3-5-27(33)28(24)38/h3-11,14,18,22,29,37-38H,12-13,15-17H2,1-2H3/t22-,29+,31-/m0/s1. The quantitative estimate of drug-likeness (QED) is 0.232. The molecule has 43 heavy (non-hydrogen) atoms. The van der Waals surface area contributed by atoms with Crippen molar-refractivity contribution in [1.82, 2.24) is 9.29 Å². The molecule has 1 heterocycles. The second-order valence-electron chi connectivity index (χ2n) is 10.7. The number of rotatable bonds is 10. The summed E-state index contributed by atoms with van der Waals surface area (Å²) in [6.45, 7) is -0.417. The van der Waals surface area contributed by atoms with Crippen LogP contribution < -0.4 is 4.74 Å². The first-order valence-electron chi connectivity index (χ1n) is 13.5. The normalized spacial score (nSPS) is 19.6. The number of methoxy groups -OCH3 is 1. The first kappa shape index (κ1) is 30.6. The summed E-state index contributed by atoms with van der Waals surface area (Å²) in [6, 6.07) is 13.4. The molecule has 1 saturated carbocycles. The highest BCUT2D eigenvalue weighted by atomic mass is 32.2. The summed E-state index contributed by atoms with van der Waals surface area (Å²) in [5.41, 5.74) is -0.954. The number of aliphatic hydroxyl groups excluding tert-OH is 1. The Balaban J connectivity index is 1.55. The van der Waals surface area contributed by atoms with Gasteiger partial charge in [0.1, 0.15) is 29.7 Å². The molecule has 0 amide bonds. The third-order valence-electron chi connectivity index (χ3n) is 8.04. The molecule has 228 valence electrons. The Hall–Kier alpha value is -3.87. The van der Waals surface area contributed by atoms with Crippen molar-refractivity contribution in [3.8, 4) is 22.6 Å². The minimum Gasteiger partial charge on any atom is -0.504 e. The van der Waals surface area contributed by atoms with E-state index in [1.807, 2.05) is 0 Å². The Kier molecular flexibility index (Phi) is 8.55. The predicted molar refractivity (Wildman–Crippen MR) is 152 cm³/mol. The minimum absolute atomic E-state index is 0.00511. The number of aromatic nitrogens is 1. The van der Waals surface area contributed by atoms with Gasteiger partial charge in [0.2, 0.25) is 15.9 Å². The number of para-hydroxylation sites is 1. The number of nitrogens with zero attached hydrogens (tertiary/aromatic N) is 2. The maximum atomic E-state index is 16.9. The van der Waals surface area contributed by atoms with Crippen molar-refractivity contribution < 1.29 is 41.0 Å². The van der Waals surface area contributed by atoms with Crippen LogP contribution in [0.2, 0.25) is 0 Å². The number of oxazole rings is 1. The summed E-state index contributed by atoms with van der Waals surface area (Å²) in [6.07, 6.45) is 0.788. The van der Waals surface area contributed by atoms with Gasteiger partial charge in [0.15, 0.2) is 11.6 Å². The fraction of sp³-hybridized carbons (Fsp3) is 0.323. The van der Waals surface area contributed by atoms with Gasteiger partial charge in [-0.15, -0.1) is 0 Å². The van der Waals surface area contributed by atoms with Crippen LogP contribution in [-0.2, 0) is 28.6 Å². The molecule has 2 N–H and O–H groups in total. The average Bonchev–Trinajstić information content (AvgIpc) is 3.66. The number of alkyl halides is 1. The molecule has 0 radical (unpaired) electrons. The topological polar surface area (TPSA) is 113 Å². The van der Waals surface area contributed by atoms with Gasteiger partial charge in [-0.1, -0.05) is 30.3 Å². The molecule has 0 aliphatic heterocycles. The number of hydrogen-bond donors (Lipinski definition) is 2. The van der Waals surface area contributed by atoms with Crippen molar-refractivity contribution in [3.63, 3.8) is 0 Å². The molecule has 3 aromatic carbocycles. The van der Waals surface area contributed by atoms with E-state index in [0.717, 1.165) is 18.4 Å².